The van der Waals surface area contributed by atoms with Crippen molar-refractivity contribution in [2.24, 2.45) is 0 Å². The van der Waals surface area contributed by atoms with E-state index in [4.69, 9.17) is 4.42 Å². The van der Waals surface area contributed by atoms with Crippen LogP contribution in [0.3, 0.4) is 0 Å². The highest BCUT2D eigenvalue weighted by atomic mass is 16.4. The molecule has 0 fully saturated rings. The predicted molar refractivity (Wildman–Crippen MR) is 78.8 cm³/mol. The molecular formula is C15H19N2O3+. The van der Waals surface area contributed by atoms with E-state index in [9.17, 15) is 9.59 Å². The average molecular weight is 275 g/mol. The van der Waals surface area contributed by atoms with Crippen LogP contribution < -0.4 is 11.4 Å². The summed E-state index contributed by atoms with van der Waals surface area (Å²) in [6.45, 7) is 5.77. The topological polar surface area (TPSA) is 52.2 Å². The van der Waals surface area contributed by atoms with Gasteiger partial charge in [-0.25, -0.2) is 9.59 Å². The molecule has 5 heteroatoms. The van der Waals surface area contributed by atoms with Crippen molar-refractivity contribution in [1.29, 1.82) is 0 Å². The fourth-order valence-electron chi connectivity index (χ4n) is 2.19. The van der Waals surface area contributed by atoms with Gasteiger partial charge in [-0.2, -0.15) is 0 Å². The third-order valence-corrected chi connectivity index (χ3v) is 3.37. The lowest BCUT2D eigenvalue weighted by Crippen LogP contribution is -2.43. The maximum atomic E-state index is 11.9. The van der Waals surface area contributed by atoms with Crippen molar-refractivity contribution in [3.05, 3.63) is 57.9 Å². The van der Waals surface area contributed by atoms with E-state index >= 15 is 0 Å². The van der Waals surface area contributed by atoms with E-state index in [-0.39, 0.29) is 0 Å². The molecule has 0 radical (unpaired) electrons. The molecule has 0 aliphatic rings. The van der Waals surface area contributed by atoms with Crippen LogP contribution in [-0.2, 0) is 6.54 Å². The van der Waals surface area contributed by atoms with Crippen molar-refractivity contribution in [2.75, 3.05) is 27.2 Å². The lowest BCUT2D eigenvalue weighted by Gasteiger charge is -2.28. The first-order chi connectivity index (χ1) is 9.44. The van der Waals surface area contributed by atoms with Gasteiger partial charge in [-0.3, -0.25) is 4.57 Å². The van der Waals surface area contributed by atoms with Crippen LogP contribution in [0, 0.1) is 0 Å². The summed E-state index contributed by atoms with van der Waals surface area (Å²) in [5.74, 6) is -0.604. The van der Waals surface area contributed by atoms with Crippen molar-refractivity contribution < 1.29 is 8.90 Å². The monoisotopic (exact) mass is 275 g/mol. The number of rotatable bonds is 5. The summed E-state index contributed by atoms with van der Waals surface area (Å²) >= 11 is 0. The summed E-state index contributed by atoms with van der Waals surface area (Å²) in [6.07, 6.45) is 1.85. The molecule has 2 rings (SSSR count). The number of fused-ring (bicyclic) bond motifs is 1. The zero-order valence-corrected chi connectivity index (χ0v) is 11.8. The molecule has 5 nitrogen and oxygen atoms in total. The second kappa shape index (κ2) is 5.46. The van der Waals surface area contributed by atoms with Crippen molar-refractivity contribution in [3.63, 3.8) is 0 Å². The minimum atomic E-state index is -0.604. The number of aromatic nitrogens is 1. The van der Waals surface area contributed by atoms with Crippen LogP contribution in [0.25, 0.3) is 10.9 Å². The molecule has 0 saturated heterocycles. The van der Waals surface area contributed by atoms with Crippen molar-refractivity contribution >= 4 is 10.9 Å². The normalized spacial score (nSPS) is 11.7. The number of quaternary nitrogens is 1. The number of benzene rings is 1. The quantitative estimate of drug-likeness (QED) is 0.609. The van der Waals surface area contributed by atoms with E-state index in [1.54, 1.807) is 24.3 Å². The van der Waals surface area contributed by atoms with Gasteiger partial charge in [0.1, 0.15) is 0 Å². The fraction of sp³-hybridized carbons (Fsp3) is 0.333. The van der Waals surface area contributed by atoms with Crippen LogP contribution in [-0.4, -0.2) is 36.2 Å². The Morgan fingerprint density at radius 2 is 2.00 bits per heavy atom. The lowest BCUT2D eigenvalue weighted by molar-refractivity contribution is -0.885. The van der Waals surface area contributed by atoms with Gasteiger partial charge in [0.25, 0.3) is 0 Å². The highest BCUT2D eigenvalue weighted by Gasteiger charge is 2.15. The molecule has 0 unspecified atom stereocenters. The summed E-state index contributed by atoms with van der Waals surface area (Å²) < 4.78 is 7.00. The molecule has 0 saturated carbocycles. The van der Waals surface area contributed by atoms with Crippen molar-refractivity contribution in [1.82, 2.24) is 4.57 Å². The second-order valence-corrected chi connectivity index (χ2v) is 5.45. The van der Waals surface area contributed by atoms with Gasteiger partial charge in [0.15, 0.2) is 0 Å². The van der Waals surface area contributed by atoms with Crippen LogP contribution >= 0.6 is 0 Å². The Balaban J connectivity index is 2.42. The number of likely N-dealkylation sites (N-methyl/N-ethyl adjacent to an activating group) is 1. The molecule has 1 heterocycles. The smallest absolute Gasteiger partial charge is 0.372 e. The average Bonchev–Trinajstić information content (AvgIpc) is 2.38. The van der Waals surface area contributed by atoms with E-state index in [0.717, 1.165) is 13.1 Å². The van der Waals surface area contributed by atoms with Crippen LogP contribution in [0.2, 0.25) is 0 Å². The summed E-state index contributed by atoms with van der Waals surface area (Å²) in [5, 5.41) is 0.432. The predicted octanol–water partition coefficient (Wildman–Crippen LogP) is 1.22. The third-order valence-electron chi connectivity index (χ3n) is 3.37. The van der Waals surface area contributed by atoms with Gasteiger partial charge in [-0.1, -0.05) is 18.7 Å². The molecular weight excluding hydrogens is 256 g/mol. The third kappa shape index (κ3) is 2.88. The fourth-order valence-corrected chi connectivity index (χ4v) is 2.19. The molecule has 20 heavy (non-hydrogen) atoms. The number of hydrogen-bond donors (Lipinski definition) is 0. The summed E-state index contributed by atoms with van der Waals surface area (Å²) in [4.78, 5) is 23.6. The number of hydrogen-bond acceptors (Lipinski definition) is 3. The molecule has 0 amide bonds. The zero-order chi connectivity index (χ0) is 14.8. The van der Waals surface area contributed by atoms with Gasteiger partial charge in [0.05, 0.1) is 44.6 Å². The van der Waals surface area contributed by atoms with E-state index in [1.807, 2.05) is 6.08 Å². The van der Waals surface area contributed by atoms with Gasteiger partial charge < -0.3 is 8.90 Å². The van der Waals surface area contributed by atoms with Gasteiger partial charge >= 0.3 is 11.4 Å². The van der Waals surface area contributed by atoms with Gasteiger partial charge in [0, 0.05) is 0 Å². The Morgan fingerprint density at radius 1 is 1.30 bits per heavy atom. The molecule has 106 valence electrons. The van der Waals surface area contributed by atoms with E-state index < -0.39 is 11.4 Å². The van der Waals surface area contributed by atoms with Crippen LogP contribution in [0.4, 0.5) is 0 Å². The minimum Gasteiger partial charge on any atom is -0.372 e. The SMILES string of the molecule is C=CC[N+](C)(C)CCn1c(=O)oc(=O)c2ccccc21. The summed E-state index contributed by atoms with van der Waals surface area (Å²) in [7, 11) is 4.13. The molecule has 0 bridgehead atoms. The number of para-hydroxylation sites is 1. The van der Waals surface area contributed by atoms with Crippen LogP contribution in [0.5, 0.6) is 0 Å². The number of nitrogens with zero attached hydrogens (tertiary/aromatic N) is 2. The Hall–Kier alpha value is -2.14. The molecule has 0 spiro atoms. The first-order valence-corrected chi connectivity index (χ1v) is 6.50. The Bertz CT molecular complexity index is 741. The van der Waals surface area contributed by atoms with Gasteiger partial charge in [-0.15, -0.1) is 0 Å². The zero-order valence-electron chi connectivity index (χ0n) is 11.8. The molecule has 0 aliphatic heterocycles. The molecule has 1 aromatic carbocycles. The molecule has 1 aromatic heterocycles. The van der Waals surface area contributed by atoms with E-state index in [0.29, 0.717) is 21.9 Å². The Labute approximate surface area is 117 Å². The maximum Gasteiger partial charge on any atom is 0.422 e. The van der Waals surface area contributed by atoms with E-state index in [2.05, 4.69) is 20.7 Å². The Morgan fingerprint density at radius 3 is 2.70 bits per heavy atom. The highest BCUT2D eigenvalue weighted by Crippen LogP contribution is 2.08. The lowest BCUT2D eigenvalue weighted by atomic mass is 10.2. The van der Waals surface area contributed by atoms with Gasteiger partial charge in [0.2, 0.25) is 0 Å². The Kier molecular flexibility index (Phi) is 3.90. The first-order valence-electron chi connectivity index (χ1n) is 6.50. The maximum absolute atomic E-state index is 11.9. The largest absolute Gasteiger partial charge is 0.422 e. The molecule has 2 aromatic rings. The van der Waals surface area contributed by atoms with Crippen molar-refractivity contribution in [2.45, 2.75) is 6.54 Å². The van der Waals surface area contributed by atoms with Crippen LogP contribution in [0.1, 0.15) is 0 Å². The summed E-state index contributed by atoms with van der Waals surface area (Å²) in [5.41, 5.74) is 0.0362. The second-order valence-electron chi connectivity index (χ2n) is 5.45. The van der Waals surface area contributed by atoms with E-state index in [1.165, 1.54) is 4.57 Å². The highest BCUT2D eigenvalue weighted by molar-refractivity contribution is 5.77. The van der Waals surface area contributed by atoms with Gasteiger partial charge in [-0.05, 0) is 18.2 Å². The summed E-state index contributed by atoms with van der Waals surface area (Å²) in [6, 6.07) is 7.00. The van der Waals surface area contributed by atoms with Crippen LogP contribution in [0.15, 0.2) is 50.9 Å². The molecule has 0 atom stereocenters. The molecule has 0 N–H and O–H groups in total. The first kappa shape index (κ1) is 14.3. The molecule has 0 aliphatic carbocycles. The minimum absolute atomic E-state index is 0.432. The standard InChI is InChI=1S/C15H19N2O3/c1-4-10-17(2,3)11-9-16-13-8-6-5-7-12(13)14(18)20-15(16)19/h4-8H,1,9-11H2,2-3H3/q+1. The van der Waals surface area contributed by atoms with Crippen molar-refractivity contribution in [3.8, 4) is 0 Å².